The molecule has 1 heterocycles. The lowest BCUT2D eigenvalue weighted by Crippen LogP contribution is -2.27. The second-order valence-electron chi connectivity index (χ2n) is 4.47. The molecule has 0 unspecified atom stereocenters. The van der Waals surface area contributed by atoms with E-state index in [1.807, 2.05) is 37.3 Å². The first kappa shape index (κ1) is 13.8. The molecule has 0 saturated heterocycles. The van der Waals surface area contributed by atoms with E-state index in [0.29, 0.717) is 13.0 Å². The third-order valence-corrected chi connectivity index (χ3v) is 4.11. The molecular formula is C13H17N3O2S. The number of rotatable bonds is 6. The van der Waals surface area contributed by atoms with Crippen LogP contribution in [0.1, 0.15) is 16.8 Å². The number of aromatic nitrogens is 2. The molecule has 1 aromatic heterocycles. The maximum Gasteiger partial charge on any atom is 0.215 e. The van der Waals surface area contributed by atoms with Crippen LogP contribution in [-0.4, -0.2) is 25.2 Å². The molecule has 5 nitrogen and oxygen atoms in total. The van der Waals surface area contributed by atoms with Crippen molar-refractivity contribution < 1.29 is 8.42 Å². The first-order chi connectivity index (χ1) is 9.05. The fourth-order valence-electron chi connectivity index (χ4n) is 1.72. The van der Waals surface area contributed by atoms with E-state index in [0.717, 1.165) is 16.8 Å². The van der Waals surface area contributed by atoms with Crippen molar-refractivity contribution >= 4 is 10.0 Å². The molecule has 0 fully saturated rings. The number of sulfonamides is 1. The van der Waals surface area contributed by atoms with E-state index in [1.54, 1.807) is 6.20 Å². The summed E-state index contributed by atoms with van der Waals surface area (Å²) in [4.78, 5) is 0. The van der Waals surface area contributed by atoms with Gasteiger partial charge in [0.15, 0.2) is 0 Å². The summed E-state index contributed by atoms with van der Waals surface area (Å²) in [6.07, 6.45) is 2.25. The van der Waals surface area contributed by atoms with Gasteiger partial charge in [0, 0.05) is 24.9 Å². The molecular weight excluding hydrogens is 262 g/mol. The maximum absolute atomic E-state index is 11.9. The minimum absolute atomic E-state index is 0.0102. The third-order valence-electron chi connectivity index (χ3n) is 2.75. The monoisotopic (exact) mass is 279 g/mol. The van der Waals surface area contributed by atoms with Crippen molar-refractivity contribution in [3.05, 3.63) is 53.3 Å². The predicted molar refractivity (Wildman–Crippen MR) is 74.1 cm³/mol. The minimum Gasteiger partial charge on any atom is -0.283 e. The lowest BCUT2D eigenvalue weighted by atomic mass is 10.2. The van der Waals surface area contributed by atoms with Crippen molar-refractivity contribution in [1.29, 1.82) is 0 Å². The molecule has 0 aliphatic carbocycles. The third kappa shape index (κ3) is 4.50. The van der Waals surface area contributed by atoms with Gasteiger partial charge in [-0.1, -0.05) is 29.8 Å². The van der Waals surface area contributed by atoms with Gasteiger partial charge < -0.3 is 0 Å². The Labute approximate surface area is 113 Å². The van der Waals surface area contributed by atoms with E-state index < -0.39 is 10.0 Å². The second kappa shape index (κ2) is 5.99. The summed E-state index contributed by atoms with van der Waals surface area (Å²) in [5, 5.41) is 6.61. The molecule has 2 rings (SSSR count). The number of nitrogens with zero attached hydrogens (tertiary/aromatic N) is 1. The summed E-state index contributed by atoms with van der Waals surface area (Å²) in [5.74, 6) is 0.0102. The van der Waals surface area contributed by atoms with Gasteiger partial charge in [0.25, 0.3) is 0 Å². The van der Waals surface area contributed by atoms with Gasteiger partial charge >= 0.3 is 0 Å². The Kier molecular flexibility index (Phi) is 4.34. The Balaban J connectivity index is 1.86. The molecule has 0 atom stereocenters. The van der Waals surface area contributed by atoms with Crippen LogP contribution in [0.4, 0.5) is 0 Å². The quantitative estimate of drug-likeness (QED) is 0.839. The summed E-state index contributed by atoms with van der Waals surface area (Å²) in [6, 6.07) is 9.33. The number of hydrogen-bond donors (Lipinski definition) is 2. The Hall–Kier alpha value is -1.66. The van der Waals surface area contributed by atoms with Crippen LogP contribution in [0.2, 0.25) is 0 Å². The maximum atomic E-state index is 11.9. The van der Waals surface area contributed by atoms with Gasteiger partial charge in [-0.3, -0.25) is 5.10 Å². The number of aryl methyl sites for hydroxylation is 1. The highest BCUT2D eigenvalue weighted by Crippen LogP contribution is 2.07. The molecule has 0 bridgehead atoms. The van der Waals surface area contributed by atoms with Crippen molar-refractivity contribution in [3.63, 3.8) is 0 Å². The zero-order valence-corrected chi connectivity index (χ0v) is 11.6. The topological polar surface area (TPSA) is 74.8 Å². The average Bonchev–Trinajstić information content (AvgIpc) is 2.85. The van der Waals surface area contributed by atoms with Crippen molar-refractivity contribution in [3.8, 4) is 0 Å². The van der Waals surface area contributed by atoms with Crippen molar-refractivity contribution in [2.45, 2.75) is 19.1 Å². The second-order valence-corrected chi connectivity index (χ2v) is 6.28. The Morgan fingerprint density at radius 3 is 2.58 bits per heavy atom. The van der Waals surface area contributed by atoms with Crippen molar-refractivity contribution in [2.75, 3.05) is 6.54 Å². The molecule has 2 aromatic rings. The van der Waals surface area contributed by atoms with E-state index in [-0.39, 0.29) is 5.75 Å². The van der Waals surface area contributed by atoms with Crippen LogP contribution in [0.25, 0.3) is 0 Å². The zero-order valence-electron chi connectivity index (χ0n) is 10.8. The summed E-state index contributed by atoms with van der Waals surface area (Å²) < 4.78 is 26.3. The average molecular weight is 279 g/mol. The van der Waals surface area contributed by atoms with E-state index in [1.165, 1.54) is 0 Å². The Bertz CT molecular complexity index is 604. The highest BCUT2D eigenvalue weighted by atomic mass is 32.2. The van der Waals surface area contributed by atoms with Crippen LogP contribution in [0.15, 0.2) is 36.5 Å². The molecule has 0 aliphatic heterocycles. The standard InChI is InChI=1S/C13H17N3O2S/c1-11-2-4-12(5-3-11)10-19(17,18)15-9-7-13-6-8-14-16-13/h2-6,8,15H,7,9-10H2,1H3,(H,14,16). The molecule has 6 heteroatoms. The fourth-order valence-corrected chi connectivity index (χ4v) is 2.87. The lowest BCUT2D eigenvalue weighted by molar-refractivity contribution is 0.580. The van der Waals surface area contributed by atoms with Crippen LogP contribution in [0.3, 0.4) is 0 Å². The smallest absolute Gasteiger partial charge is 0.215 e. The van der Waals surface area contributed by atoms with Gasteiger partial charge in [0.2, 0.25) is 10.0 Å². The van der Waals surface area contributed by atoms with Crippen LogP contribution >= 0.6 is 0 Å². The van der Waals surface area contributed by atoms with Crippen molar-refractivity contribution in [1.82, 2.24) is 14.9 Å². The van der Waals surface area contributed by atoms with Gasteiger partial charge in [-0.2, -0.15) is 5.10 Å². The number of nitrogens with one attached hydrogen (secondary N) is 2. The predicted octanol–water partition coefficient (Wildman–Crippen LogP) is 1.38. The van der Waals surface area contributed by atoms with Crippen LogP contribution < -0.4 is 4.72 Å². The summed E-state index contributed by atoms with van der Waals surface area (Å²) in [6.45, 7) is 2.34. The van der Waals surface area contributed by atoms with Crippen LogP contribution in [-0.2, 0) is 22.2 Å². The van der Waals surface area contributed by atoms with Crippen LogP contribution in [0.5, 0.6) is 0 Å². The highest BCUT2D eigenvalue weighted by molar-refractivity contribution is 7.88. The van der Waals surface area contributed by atoms with Gasteiger partial charge in [0.05, 0.1) is 5.75 Å². The van der Waals surface area contributed by atoms with Gasteiger partial charge in [-0.15, -0.1) is 0 Å². The highest BCUT2D eigenvalue weighted by Gasteiger charge is 2.10. The largest absolute Gasteiger partial charge is 0.283 e. The number of aromatic amines is 1. The van der Waals surface area contributed by atoms with E-state index in [9.17, 15) is 8.42 Å². The number of H-pyrrole nitrogens is 1. The molecule has 0 aliphatic rings. The molecule has 0 saturated carbocycles. The van der Waals surface area contributed by atoms with Gasteiger partial charge in [-0.05, 0) is 18.6 Å². The summed E-state index contributed by atoms with van der Waals surface area (Å²) in [5.41, 5.74) is 2.83. The lowest BCUT2D eigenvalue weighted by Gasteiger charge is -2.06. The minimum atomic E-state index is -3.28. The molecule has 0 spiro atoms. The fraction of sp³-hybridized carbons (Fsp3) is 0.308. The van der Waals surface area contributed by atoms with Gasteiger partial charge in [-0.25, -0.2) is 13.1 Å². The van der Waals surface area contributed by atoms with E-state index in [4.69, 9.17) is 0 Å². The molecule has 2 N–H and O–H groups in total. The first-order valence-corrected chi connectivity index (χ1v) is 7.71. The molecule has 1 aromatic carbocycles. The number of hydrogen-bond acceptors (Lipinski definition) is 3. The first-order valence-electron chi connectivity index (χ1n) is 6.06. The van der Waals surface area contributed by atoms with E-state index >= 15 is 0 Å². The SMILES string of the molecule is Cc1ccc(CS(=O)(=O)NCCc2ccn[nH]2)cc1. The molecule has 102 valence electrons. The zero-order chi connectivity index (χ0) is 13.7. The molecule has 19 heavy (non-hydrogen) atoms. The Morgan fingerprint density at radius 1 is 1.21 bits per heavy atom. The number of benzene rings is 1. The molecule has 0 radical (unpaired) electrons. The normalized spacial score (nSPS) is 11.6. The molecule has 0 amide bonds. The van der Waals surface area contributed by atoms with E-state index in [2.05, 4.69) is 14.9 Å². The van der Waals surface area contributed by atoms with Crippen molar-refractivity contribution in [2.24, 2.45) is 0 Å². The van der Waals surface area contributed by atoms with Gasteiger partial charge in [0.1, 0.15) is 0 Å². The summed E-state index contributed by atoms with van der Waals surface area (Å²) in [7, 11) is -3.28. The van der Waals surface area contributed by atoms with Crippen LogP contribution in [0, 0.1) is 6.92 Å². The summed E-state index contributed by atoms with van der Waals surface area (Å²) >= 11 is 0. The Morgan fingerprint density at radius 2 is 1.95 bits per heavy atom.